The molecule has 0 aliphatic carbocycles. The molecule has 1 atom stereocenters. The molecule has 2 aromatic carbocycles. The van der Waals surface area contributed by atoms with Crippen molar-refractivity contribution in [3.05, 3.63) is 69.8 Å². The van der Waals surface area contributed by atoms with Crippen LogP contribution in [0.1, 0.15) is 26.3 Å². The van der Waals surface area contributed by atoms with Gasteiger partial charge in [0.1, 0.15) is 6.04 Å². The van der Waals surface area contributed by atoms with Gasteiger partial charge >= 0.3 is 5.97 Å². The molecule has 6 nitrogen and oxygen atoms in total. The van der Waals surface area contributed by atoms with Gasteiger partial charge in [-0.15, -0.1) is 0 Å². The Morgan fingerprint density at radius 3 is 2.62 bits per heavy atom. The summed E-state index contributed by atoms with van der Waals surface area (Å²) in [5.41, 5.74) is 2.06. The minimum absolute atomic E-state index is 0.0337. The largest absolute Gasteiger partial charge is 0.480 e. The highest BCUT2D eigenvalue weighted by Crippen LogP contribution is 2.29. The summed E-state index contributed by atoms with van der Waals surface area (Å²) in [7, 11) is 0. The normalized spacial score (nSPS) is 14.7. The Bertz CT molecular complexity index is 1070. The second kappa shape index (κ2) is 6.10. The van der Waals surface area contributed by atoms with E-state index < -0.39 is 23.8 Å². The Balaban J connectivity index is 1.73. The average Bonchev–Trinajstić information content (AvgIpc) is 3.13. The zero-order valence-corrected chi connectivity index (χ0v) is 15.0. The first-order chi connectivity index (χ1) is 12.5. The molecule has 0 saturated carbocycles. The van der Waals surface area contributed by atoms with Crippen LogP contribution in [0.3, 0.4) is 0 Å². The van der Waals surface area contributed by atoms with Gasteiger partial charge < -0.3 is 10.1 Å². The highest BCUT2D eigenvalue weighted by atomic mass is 79.9. The van der Waals surface area contributed by atoms with Gasteiger partial charge in [-0.05, 0) is 29.8 Å². The molecule has 0 saturated heterocycles. The van der Waals surface area contributed by atoms with E-state index >= 15 is 0 Å². The number of aliphatic carboxylic acids is 1. The Labute approximate surface area is 156 Å². The van der Waals surface area contributed by atoms with Gasteiger partial charge in [0.05, 0.1) is 11.1 Å². The molecule has 0 unspecified atom stereocenters. The van der Waals surface area contributed by atoms with Crippen molar-refractivity contribution in [2.24, 2.45) is 0 Å². The van der Waals surface area contributed by atoms with Crippen LogP contribution in [0.25, 0.3) is 10.9 Å². The lowest BCUT2D eigenvalue weighted by Crippen LogP contribution is -2.46. The van der Waals surface area contributed by atoms with Crippen LogP contribution in [0.5, 0.6) is 0 Å². The SMILES string of the molecule is O=C(O)[C@H](Cc1c[nH]c2ccccc12)N1C(=O)c2ccc(Br)cc2C1=O. The van der Waals surface area contributed by atoms with Crippen molar-refractivity contribution in [3.8, 4) is 0 Å². The second-order valence-corrected chi connectivity index (χ2v) is 7.00. The molecule has 130 valence electrons. The maximum Gasteiger partial charge on any atom is 0.327 e. The summed E-state index contributed by atoms with van der Waals surface area (Å²) < 4.78 is 0.655. The Kier molecular flexibility index (Phi) is 3.88. The fourth-order valence-electron chi connectivity index (χ4n) is 3.31. The molecule has 0 fully saturated rings. The first-order valence-electron chi connectivity index (χ1n) is 7.92. The summed E-state index contributed by atoms with van der Waals surface area (Å²) in [6.45, 7) is 0. The fraction of sp³-hybridized carbons (Fsp3) is 0.105. The standard InChI is InChI=1S/C19H13BrN2O4/c20-11-5-6-13-14(8-11)18(24)22(17(13)23)16(19(25)26)7-10-9-21-15-4-2-1-3-12(10)15/h1-6,8-9,16,21H,7H2,(H,25,26)/t16-/m0/s1. The summed E-state index contributed by atoms with van der Waals surface area (Å²) in [4.78, 5) is 41.2. The van der Waals surface area contributed by atoms with Crippen molar-refractivity contribution in [2.75, 3.05) is 0 Å². The van der Waals surface area contributed by atoms with Gasteiger partial charge in [0.25, 0.3) is 11.8 Å². The number of rotatable bonds is 4. The van der Waals surface area contributed by atoms with Crippen LogP contribution in [0.15, 0.2) is 53.1 Å². The highest BCUT2D eigenvalue weighted by molar-refractivity contribution is 9.10. The van der Waals surface area contributed by atoms with E-state index in [0.717, 1.165) is 21.4 Å². The fourth-order valence-corrected chi connectivity index (χ4v) is 3.67. The molecule has 0 radical (unpaired) electrons. The zero-order valence-electron chi connectivity index (χ0n) is 13.4. The zero-order chi connectivity index (χ0) is 18.4. The van der Waals surface area contributed by atoms with Crippen LogP contribution < -0.4 is 0 Å². The lowest BCUT2D eigenvalue weighted by molar-refractivity contribution is -0.141. The molecule has 2 amide bonds. The number of para-hydroxylation sites is 1. The van der Waals surface area contributed by atoms with E-state index in [1.807, 2.05) is 24.3 Å². The number of carboxylic acid groups (broad SMARTS) is 1. The number of halogens is 1. The molecule has 0 spiro atoms. The number of amides is 2. The van der Waals surface area contributed by atoms with Gasteiger partial charge in [-0.25, -0.2) is 4.79 Å². The highest BCUT2D eigenvalue weighted by Gasteiger charge is 2.43. The summed E-state index contributed by atoms with van der Waals surface area (Å²) >= 11 is 3.27. The monoisotopic (exact) mass is 412 g/mol. The Morgan fingerprint density at radius 2 is 1.85 bits per heavy atom. The molecule has 1 aliphatic heterocycles. The van der Waals surface area contributed by atoms with Crippen LogP contribution in [-0.4, -0.2) is 38.8 Å². The van der Waals surface area contributed by atoms with Gasteiger partial charge in [0.2, 0.25) is 0 Å². The van der Waals surface area contributed by atoms with Crippen molar-refractivity contribution < 1.29 is 19.5 Å². The first kappa shape index (κ1) is 16.5. The predicted octanol–water partition coefficient (Wildman–Crippen LogP) is 3.22. The molecular formula is C19H13BrN2O4. The van der Waals surface area contributed by atoms with Gasteiger partial charge in [0.15, 0.2) is 0 Å². The third kappa shape index (κ3) is 2.52. The number of carbonyl (C=O) groups is 3. The topological polar surface area (TPSA) is 90.5 Å². The maximum absolute atomic E-state index is 12.7. The van der Waals surface area contributed by atoms with E-state index in [9.17, 15) is 19.5 Å². The van der Waals surface area contributed by atoms with Crippen LogP contribution in [0.4, 0.5) is 0 Å². The predicted molar refractivity (Wildman–Crippen MR) is 98.1 cm³/mol. The summed E-state index contributed by atoms with van der Waals surface area (Å²) in [5.74, 6) is -2.38. The number of imide groups is 1. The van der Waals surface area contributed by atoms with E-state index in [1.165, 1.54) is 6.07 Å². The number of H-pyrrole nitrogens is 1. The molecule has 1 aliphatic rings. The summed E-state index contributed by atoms with van der Waals surface area (Å²) in [6.07, 6.45) is 1.75. The number of nitrogens with one attached hydrogen (secondary N) is 1. The van der Waals surface area contributed by atoms with Crippen LogP contribution in [-0.2, 0) is 11.2 Å². The number of fused-ring (bicyclic) bond motifs is 2. The summed E-state index contributed by atoms with van der Waals surface area (Å²) in [5, 5.41) is 10.6. The molecule has 3 aromatic rings. The van der Waals surface area contributed by atoms with Gasteiger partial charge in [-0.2, -0.15) is 0 Å². The average molecular weight is 413 g/mol. The Morgan fingerprint density at radius 1 is 1.12 bits per heavy atom. The number of nitrogens with zero attached hydrogens (tertiary/aromatic N) is 1. The third-order valence-electron chi connectivity index (χ3n) is 4.56. The van der Waals surface area contributed by atoms with Gasteiger partial charge in [0, 0.05) is 28.0 Å². The van der Waals surface area contributed by atoms with Crippen molar-refractivity contribution in [1.82, 2.24) is 9.88 Å². The molecule has 0 bridgehead atoms. The van der Waals surface area contributed by atoms with Crippen LogP contribution >= 0.6 is 15.9 Å². The van der Waals surface area contributed by atoms with E-state index in [-0.39, 0.29) is 17.5 Å². The van der Waals surface area contributed by atoms with Crippen LogP contribution in [0.2, 0.25) is 0 Å². The number of aromatic nitrogens is 1. The lowest BCUT2D eigenvalue weighted by atomic mass is 10.0. The van der Waals surface area contributed by atoms with E-state index in [2.05, 4.69) is 20.9 Å². The van der Waals surface area contributed by atoms with Crippen molar-refractivity contribution in [2.45, 2.75) is 12.5 Å². The molecule has 2 N–H and O–H groups in total. The third-order valence-corrected chi connectivity index (χ3v) is 5.06. The number of hydrogen-bond donors (Lipinski definition) is 2. The number of benzene rings is 2. The summed E-state index contributed by atoms with van der Waals surface area (Å²) in [6, 6.07) is 10.9. The number of carboxylic acids is 1. The van der Waals surface area contributed by atoms with Crippen molar-refractivity contribution in [3.63, 3.8) is 0 Å². The molecular weight excluding hydrogens is 400 g/mol. The number of carbonyl (C=O) groups excluding carboxylic acids is 2. The van der Waals surface area contributed by atoms with E-state index in [1.54, 1.807) is 18.3 Å². The quantitative estimate of drug-likeness (QED) is 0.643. The minimum atomic E-state index is -1.28. The van der Waals surface area contributed by atoms with E-state index in [4.69, 9.17) is 0 Å². The first-order valence-corrected chi connectivity index (χ1v) is 8.72. The smallest absolute Gasteiger partial charge is 0.327 e. The molecule has 7 heteroatoms. The number of hydrogen-bond acceptors (Lipinski definition) is 3. The Hall–Kier alpha value is -2.93. The molecule has 4 rings (SSSR count). The molecule has 26 heavy (non-hydrogen) atoms. The second-order valence-electron chi connectivity index (χ2n) is 6.09. The van der Waals surface area contributed by atoms with Gasteiger partial charge in [-0.1, -0.05) is 34.1 Å². The number of aromatic amines is 1. The minimum Gasteiger partial charge on any atom is -0.480 e. The van der Waals surface area contributed by atoms with Crippen LogP contribution in [0, 0.1) is 0 Å². The van der Waals surface area contributed by atoms with Gasteiger partial charge in [-0.3, -0.25) is 14.5 Å². The van der Waals surface area contributed by atoms with E-state index in [0.29, 0.717) is 4.47 Å². The maximum atomic E-state index is 12.7. The molecule has 1 aromatic heterocycles. The van der Waals surface area contributed by atoms with Crippen molar-refractivity contribution >= 4 is 44.6 Å². The van der Waals surface area contributed by atoms with Crippen molar-refractivity contribution in [1.29, 1.82) is 0 Å². The lowest BCUT2D eigenvalue weighted by Gasteiger charge is -2.22. The molecule has 2 heterocycles.